The van der Waals surface area contributed by atoms with E-state index in [-0.39, 0.29) is 10.3 Å². The molecule has 100 valence electrons. The molecule has 0 saturated heterocycles. The van der Waals surface area contributed by atoms with Crippen molar-refractivity contribution in [3.63, 3.8) is 0 Å². The number of likely N-dealkylation sites (N-methyl/N-ethyl adjacent to an activating group) is 1. The van der Waals surface area contributed by atoms with Crippen molar-refractivity contribution in [1.29, 1.82) is 5.26 Å². The van der Waals surface area contributed by atoms with Crippen molar-refractivity contribution in [1.82, 2.24) is 4.31 Å². The summed E-state index contributed by atoms with van der Waals surface area (Å²) in [6, 6.07) is 4.70. The van der Waals surface area contributed by atoms with Crippen molar-refractivity contribution in [2.45, 2.75) is 24.1 Å². The molecule has 0 bridgehead atoms. The molecule has 0 radical (unpaired) electrons. The van der Waals surface area contributed by atoms with Crippen LogP contribution in [-0.4, -0.2) is 39.0 Å². The average molecular weight is 288 g/mol. The summed E-state index contributed by atoms with van der Waals surface area (Å²) in [5, 5.41) is 8.74. The van der Waals surface area contributed by atoms with Crippen LogP contribution in [0.1, 0.15) is 18.7 Å². The lowest BCUT2D eigenvalue weighted by Gasteiger charge is -2.25. The maximum Gasteiger partial charge on any atom is 0.252 e. The molecule has 1 aromatic rings. The Hall–Kier alpha value is -0.940. The third kappa shape index (κ3) is 3.09. The van der Waals surface area contributed by atoms with Gasteiger partial charge in [-0.25, -0.2) is 8.42 Å². The molecule has 1 unspecified atom stereocenters. The van der Waals surface area contributed by atoms with Crippen molar-refractivity contribution >= 4 is 21.4 Å². The van der Waals surface area contributed by atoms with E-state index in [0.717, 1.165) is 11.3 Å². The van der Waals surface area contributed by atoms with Crippen molar-refractivity contribution in [2.75, 3.05) is 20.3 Å². The first-order valence-electron chi connectivity index (χ1n) is 5.48. The van der Waals surface area contributed by atoms with Crippen molar-refractivity contribution in [2.24, 2.45) is 0 Å². The fourth-order valence-electron chi connectivity index (χ4n) is 1.68. The van der Waals surface area contributed by atoms with E-state index in [1.165, 1.54) is 23.5 Å². The molecule has 1 heterocycles. The normalized spacial score (nSPS) is 13.5. The largest absolute Gasteiger partial charge is 0.383 e. The summed E-state index contributed by atoms with van der Waals surface area (Å²) in [6.45, 7) is 4.28. The Morgan fingerprint density at radius 1 is 1.56 bits per heavy atom. The molecule has 0 aliphatic carbocycles. The first-order chi connectivity index (χ1) is 8.47. The highest BCUT2D eigenvalue weighted by Crippen LogP contribution is 2.25. The van der Waals surface area contributed by atoms with Gasteiger partial charge in [-0.05, 0) is 19.1 Å². The Morgan fingerprint density at radius 2 is 2.22 bits per heavy atom. The summed E-state index contributed by atoms with van der Waals surface area (Å²) >= 11 is 0.987. The Balaban J connectivity index is 3.07. The van der Waals surface area contributed by atoms with Gasteiger partial charge in [0.25, 0.3) is 10.0 Å². The molecule has 0 amide bonds. The molecule has 0 aliphatic heterocycles. The lowest BCUT2D eigenvalue weighted by molar-refractivity contribution is 0.143. The van der Waals surface area contributed by atoms with E-state index >= 15 is 0 Å². The quantitative estimate of drug-likeness (QED) is 0.798. The fraction of sp³-hybridized carbons (Fsp3) is 0.545. The van der Waals surface area contributed by atoms with Crippen LogP contribution >= 0.6 is 11.3 Å². The average Bonchev–Trinajstić information content (AvgIpc) is 2.79. The summed E-state index contributed by atoms with van der Waals surface area (Å²) in [5.74, 6) is 0. The third-order valence-electron chi connectivity index (χ3n) is 2.47. The molecule has 1 atom stereocenters. The van der Waals surface area contributed by atoms with Gasteiger partial charge in [0.15, 0.2) is 0 Å². The summed E-state index contributed by atoms with van der Waals surface area (Å²) in [4.78, 5) is 0.393. The van der Waals surface area contributed by atoms with E-state index in [0.29, 0.717) is 18.0 Å². The number of nitriles is 1. The third-order valence-corrected chi connectivity index (χ3v) is 6.01. The predicted molar refractivity (Wildman–Crippen MR) is 69.9 cm³/mol. The van der Waals surface area contributed by atoms with Crippen LogP contribution in [0.3, 0.4) is 0 Å². The number of hydrogen-bond donors (Lipinski definition) is 0. The van der Waals surface area contributed by atoms with Gasteiger partial charge in [0.1, 0.15) is 15.2 Å². The fourth-order valence-corrected chi connectivity index (χ4v) is 4.54. The summed E-state index contributed by atoms with van der Waals surface area (Å²) in [7, 11) is -2.00. The SMILES string of the molecule is CCN(C(C)COC)S(=O)(=O)c1ccc(C#N)s1. The van der Waals surface area contributed by atoms with E-state index in [2.05, 4.69) is 0 Å². The summed E-state index contributed by atoms with van der Waals surface area (Å²) < 4.78 is 31.3. The number of rotatable bonds is 6. The Morgan fingerprint density at radius 3 is 2.67 bits per heavy atom. The number of hydrogen-bond acceptors (Lipinski definition) is 5. The molecule has 0 fully saturated rings. The topological polar surface area (TPSA) is 70.4 Å². The van der Waals surface area contributed by atoms with Crippen LogP contribution < -0.4 is 0 Å². The predicted octanol–water partition coefficient (Wildman–Crippen LogP) is 1.67. The smallest absolute Gasteiger partial charge is 0.252 e. The van der Waals surface area contributed by atoms with Gasteiger partial charge in [-0.15, -0.1) is 11.3 Å². The maximum atomic E-state index is 12.4. The van der Waals surface area contributed by atoms with Crippen LogP contribution in [0, 0.1) is 11.3 Å². The lowest BCUT2D eigenvalue weighted by atomic mass is 10.4. The molecule has 1 aromatic heterocycles. The van der Waals surface area contributed by atoms with Crippen molar-refractivity contribution in [3.8, 4) is 6.07 Å². The van der Waals surface area contributed by atoms with Crippen LogP contribution in [0.2, 0.25) is 0 Å². The molecule has 18 heavy (non-hydrogen) atoms. The van der Waals surface area contributed by atoms with Gasteiger partial charge in [-0.2, -0.15) is 9.57 Å². The van der Waals surface area contributed by atoms with Gasteiger partial charge in [0.2, 0.25) is 0 Å². The minimum Gasteiger partial charge on any atom is -0.383 e. The van der Waals surface area contributed by atoms with Crippen molar-refractivity contribution < 1.29 is 13.2 Å². The molecular formula is C11H16N2O3S2. The monoisotopic (exact) mass is 288 g/mol. The van der Waals surface area contributed by atoms with E-state index in [9.17, 15) is 8.42 Å². The van der Waals surface area contributed by atoms with E-state index in [4.69, 9.17) is 10.00 Å². The Kier molecular flexibility index (Phi) is 5.28. The van der Waals surface area contributed by atoms with E-state index in [1.807, 2.05) is 6.07 Å². The van der Waals surface area contributed by atoms with Gasteiger partial charge in [-0.1, -0.05) is 6.92 Å². The minimum absolute atomic E-state index is 0.198. The molecule has 0 aliphatic rings. The van der Waals surface area contributed by atoms with E-state index in [1.54, 1.807) is 13.8 Å². The zero-order valence-electron chi connectivity index (χ0n) is 10.6. The van der Waals surface area contributed by atoms with Crippen LogP contribution in [0.5, 0.6) is 0 Å². The van der Waals surface area contributed by atoms with Gasteiger partial charge in [-0.3, -0.25) is 0 Å². The molecule has 0 spiro atoms. The zero-order valence-corrected chi connectivity index (χ0v) is 12.2. The summed E-state index contributed by atoms with van der Waals surface area (Å²) in [6.07, 6.45) is 0. The molecule has 0 N–H and O–H groups in total. The highest BCUT2D eigenvalue weighted by Gasteiger charge is 2.29. The van der Waals surface area contributed by atoms with E-state index < -0.39 is 10.0 Å². The number of thiophene rings is 1. The molecular weight excluding hydrogens is 272 g/mol. The molecule has 5 nitrogen and oxygen atoms in total. The van der Waals surface area contributed by atoms with Gasteiger partial charge >= 0.3 is 0 Å². The lowest BCUT2D eigenvalue weighted by Crippen LogP contribution is -2.40. The number of methoxy groups -OCH3 is 1. The van der Waals surface area contributed by atoms with Crippen molar-refractivity contribution in [3.05, 3.63) is 17.0 Å². The first kappa shape index (κ1) is 15.1. The van der Waals surface area contributed by atoms with Crippen LogP contribution in [0.4, 0.5) is 0 Å². The van der Waals surface area contributed by atoms with Crippen LogP contribution in [0.25, 0.3) is 0 Å². The Labute approximate surface area is 112 Å². The molecule has 7 heteroatoms. The number of sulfonamides is 1. The standard InChI is InChI=1S/C11H16N2O3S2/c1-4-13(9(2)8-16-3)18(14,15)11-6-5-10(7-12)17-11/h5-6,9H,4,8H2,1-3H3. The van der Waals surface area contributed by atoms with Gasteiger partial charge < -0.3 is 4.74 Å². The highest BCUT2D eigenvalue weighted by atomic mass is 32.2. The second-order valence-electron chi connectivity index (χ2n) is 3.74. The zero-order chi connectivity index (χ0) is 13.8. The Bertz CT molecular complexity index is 531. The van der Waals surface area contributed by atoms with Crippen LogP contribution in [0.15, 0.2) is 16.3 Å². The summed E-state index contributed by atoms with van der Waals surface area (Å²) in [5.41, 5.74) is 0. The van der Waals surface area contributed by atoms with Gasteiger partial charge in [0.05, 0.1) is 6.61 Å². The molecule has 0 saturated carbocycles. The highest BCUT2D eigenvalue weighted by molar-refractivity contribution is 7.91. The minimum atomic E-state index is -3.54. The van der Waals surface area contributed by atoms with Gasteiger partial charge in [0, 0.05) is 19.7 Å². The number of nitrogens with zero attached hydrogens (tertiary/aromatic N) is 2. The number of ether oxygens (including phenoxy) is 1. The molecule has 1 rings (SSSR count). The maximum absolute atomic E-state index is 12.4. The second-order valence-corrected chi connectivity index (χ2v) is 6.94. The van der Waals surface area contributed by atoms with Crippen LogP contribution in [-0.2, 0) is 14.8 Å². The second kappa shape index (κ2) is 6.29. The first-order valence-corrected chi connectivity index (χ1v) is 7.73. The molecule has 0 aromatic carbocycles.